The van der Waals surface area contributed by atoms with Gasteiger partial charge < -0.3 is 10.1 Å². The van der Waals surface area contributed by atoms with Crippen LogP contribution in [0.1, 0.15) is 25.5 Å². The van der Waals surface area contributed by atoms with E-state index in [1.807, 2.05) is 25.1 Å². The van der Waals surface area contributed by atoms with E-state index in [1.54, 1.807) is 30.8 Å². The van der Waals surface area contributed by atoms with Crippen molar-refractivity contribution in [3.8, 4) is 5.69 Å². The Kier molecular flexibility index (Phi) is 5.57. The maximum absolute atomic E-state index is 12.6. The number of nitrogens with zero attached hydrogens (tertiary/aromatic N) is 2. The molecule has 2 rings (SSSR count). The van der Waals surface area contributed by atoms with E-state index < -0.39 is 17.4 Å². The van der Waals surface area contributed by atoms with Crippen molar-refractivity contribution in [3.63, 3.8) is 0 Å². The van der Waals surface area contributed by atoms with Crippen LogP contribution < -0.4 is 10.9 Å². The lowest BCUT2D eigenvalue weighted by atomic mass is 10.3. The molecule has 128 valence electrons. The SMILES string of the molecule is CCCCOC(=O)C(=O)Nc1c(C)n(C)n(-c2ccccc2)c1=O. The smallest absolute Gasteiger partial charge is 0.397 e. The molecule has 1 aromatic carbocycles. The van der Waals surface area contributed by atoms with Gasteiger partial charge >= 0.3 is 11.9 Å². The molecule has 0 unspecified atom stereocenters. The Bertz CT molecular complexity index is 790. The number of carbonyl (C=O) groups is 2. The molecule has 0 aliphatic rings. The highest BCUT2D eigenvalue weighted by atomic mass is 16.5. The molecule has 0 saturated carbocycles. The number of aromatic nitrogens is 2. The van der Waals surface area contributed by atoms with Crippen LogP contribution in [0.15, 0.2) is 35.1 Å². The van der Waals surface area contributed by atoms with Crippen LogP contribution in [-0.2, 0) is 21.4 Å². The van der Waals surface area contributed by atoms with Crippen molar-refractivity contribution >= 4 is 17.6 Å². The molecule has 1 amide bonds. The second kappa shape index (κ2) is 7.63. The lowest BCUT2D eigenvalue weighted by Crippen LogP contribution is -2.28. The Morgan fingerprint density at radius 3 is 2.50 bits per heavy atom. The van der Waals surface area contributed by atoms with Crippen molar-refractivity contribution in [2.45, 2.75) is 26.7 Å². The van der Waals surface area contributed by atoms with Gasteiger partial charge in [-0.05, 0) is 25.5 Å². The highest BCUT2D eigenvalue weighted by Crippen LogP contribution is 2.13. The zero-order chi connectivity index (χ0) is 17.7. The van der Waals surface area contributed by atoms with E-state index in [9.17, 15) is 14.4 Å². The summed E-state index contributed by atoms with van der Waals surface area (Å²) >= 11 is 0. The molecule has 0 aliphatic carbocycles. The zero-order valence-corrected chi connectivity index (χ0v) is 14.0. The van der Waals surface area contributed by atoms with E-state index in [2.05, 4.69) is 5.32 Å². The van der Waals surface area contributed by atoms with Crippen molar-refractivity contribution in [1.29, 1.82) is 0 Å². The number of unbranched alkanes of at least 4 members (excludes halogenated alkanes) is 1. The van der Waals surface area contributed by atoms with E-state index in [0.29, 0.717) is 17.8 Å². The molecule has 24 heavy (non-hydrogen) atoms. The van der Waals surface area contributed by atoms with E-state index >= 15 is 0 Å². The average molecular weight is 331 g/mol. The molecule has 2 aromatic rings. The van der Waals surface area contributed by atoms with Crippen LogP contribution in [-0.4, -0.2) is 27.8 Å². The fourth-order valence-corrected chi connectivity index (χ4v) is 2.25. The number of nitrogens with one attached hydrogen (secondary N) is 1. The molecule has 7 nitrogen and oxygen atoms in total. The molecule has 0 bridgehead atoms. The highest BCUT2D eigenvalue weighted by molar-refractivity contribution is 6.37. The molecule has 0 atom stereocenters. The van der Waals surface area contributed by atoms with Crippen LogP contribution in [0.4, 0.5) is 5.69 Å². The van der Waals surface area contributed by atoms with Crippen LogP contribution in [0.2, 0.25) is 0 Å². The predicted octanol–water partition coefficient (Wildman–Crippen LogP) is 1.77. The summed E-state index contributed by atoms with van der Waals surface area (Å²) in [4.78, 5) is 36.2. The Balaban J connectivity index is 2.25. The number of hydrogen-bond donors (Lipinski definition) is 1. The summed E-state index contributed by atoms with van der Waals surface area (Å²) in [6, 6.07) is 9.04. The van der Waals surface area contributed by atoms with Gasteiger partial charge in [0.15, 0.2) is 0 Å². The first-order valence-electron chi connectivity index (χ1n) is 7.79. The predicted molar refractivity (Wildman–Crippen MR) is 90.2 cm³/mol. The first-order valence-corrected chi connectivity index (χ1v) is 7.79. The van der Waals surface area contributed by atoms with Gasteiger partial charge in [0.2, 0.25) is 0 Å². The topological polar surface area (TPSA) is 82.3 Å². The average Bonchev–Trinajstić information content (AvgIpc) is 2.79. The van der Waals surface area contributed by atoms with E-state index in [1.165, 1.54) is 4.68 Å². The third-order valence-electron chi connectivity index (χ3n) is 3.71. The van der Waals surface area contributed by atoms with E-state index in [0.717, 1.165) is 6.42 Å². The Hall–Kier alpha value is -2.83. The molecular formula is C17H21N3O4. The van der Waals surface area contributed by atoms with Crippen molar-refractivity contribution in [1.82, 2.24) is 9.36 Å². The molecule has 0 spiro atoms. The summed E-state index contributed by atoms with van der Waals surface area (Å²) in [5.74, 6) is -1.94. The molecule has 0 radical (unpaired) electrons. The molecule has 7 heteroatoms. The van der Waals surface area contributed by atoms with Crippen LogP contribution in [0.5, 0.6) is 0 Å². The summed E-state index contributed by atoms with van der Waals surface area (Å²) in [5, 5.41) is 2.37. The Labute approximate surface area is 139 Å². The monoisotopic (exact) mass is 331 g/mol. The van der Waals surface area contributed by atoms with Gasteiger partial charge in [0.25, 0.3) is 5.56 Å². The van der Waals surface area contributed by atoms with Gasteiger partial charge in [-0.15, -0.1) is 0 Å². The normalized spacial score (nSPS) is 10.5. The third-order valence-corrected chi connectivity index (χ3v) is 3.71. The molecule has 0 aliphatic heterocycles. The lowest BCUT2D eigenvalue weighted by Gasteiger charge is -2.07. The first-order chi connectivity index (χ1) is 11.5. The maximum atomic E-state index is 12.6. The summed E-state index contributed by atoms with van der Waals surface area (Å²) < 4.78 is 7.90. The minimum absolute atomic E-state index is 0.0683. The molecule has 0 fully saturated rings. The quantitative estimate of drug-likeness (QED) is 0.514. The lowest BCUT2D eigenvalue weighted by molar-refractivity contribution is -0.152. The molecule has 1 aromatic heterocycles. The third kappa shape index (κ3) is 3.56. The largest absolute Gasteiger partial charge is 0.459 e. The van der Waals surface area contributed by atoms with Crippen molar-refractivity contribution < 1.29 is 14.3 Å². The second-order valence-corrected chi connectivity index (χ2v) is 5.38. The number of ether oxygens (including phenoxy) is 1. The number of esters is 1. The standard InChI is InChI=1S/C17H21N3O4/c1-4-5-11-24-17(23)15(21)18-14-12(2)19(3)20(16(14)22)13-9-7-6-8-10-13/h6-10H,4-5,11H2,1-3H3,(H,18,21). The second-order valence-electron chi connectivity index (χ2n) is 5.38. The van der Waals surface area contributed by atoms with Crippen molar-refractivity contribution in [2.75, 3.05) is 11.9 Å². The van der Waals surface area contributed by atoms with Gasteiger partial charge in [-0.25, -0.2) is 9.48 Å². The molecule has 1 heterocycles. The summed E-state index contributed by atoms with van der Waals surface area (Å²) in [6.45, 7) is 3.83. The first kappa shape index (κ1) is 17.5. The fourth-order valence-electron chi connectivity index (χ4n) is 2.25. The number of carbonyl (C=O) groups excluding carboxylic acids is 2. The van der Waals surface area contributed by atoms with Crippen LogP contribution in [0.3, 0.4) is 0 Å². The summed E-state index contributed by atoms with van der Waals surface area (Å²) in [5.41, 5.74) is 0.868. The number of para-hydroxylation sites is 1. The van der Waals surface area contributed by atoms with Crippen LogP contribution >= 0.6 is 0 Å². The summed E-state index contributed by atoms with van der Waals surface area (Å²) in [6.07, 6.45) is 1.54. The zero-order valence-electron chi connectivity index (χ0n) is 14.0. The Morgan fingerprint density at radius 2 is 1.88 bits per heavy atom. The van der Waals surface area contributed by atoms with E-state index in [4.69, 9.17) is 4.74 Å². The van der Waals surface area contributed by atoms with Crippen molar-refractivity contribution in [2.24, 2.45) is 7.05 Å². The van der Waals surface area contributed by atoms with Crippen molar-refractivity contribution in [3.05, 3.63) is 46.4 Å². The fraction of sp³-hybridized carbons (Fsp3) is 0.353. The highest BCUT2D eigenvalue weighted by Gasteiger charge is 2.22. The Morgan fingerprint density at radius 1 is 1.21 bits per heavy atom. The van der Waals surface area contributed by atoms with Gasteiger partial charge in [-0.2, -0.15) is 0 Å². The van der Waals surface area contributed by atoms with Gasteiger partial charge in [-0.3, -0.25) is 14.3 Å². The number of benzene rings is 1. The summed E-state index contributed by atoms with van der Waals surface area (Å²) in [7, 11) is 1.71. The minimum Gasteiger partial charge on any atom is -0.459 e. The van der Waals surface area contributed by atoms with Gasteiger partial charge in [-0.1, -0.05) is 31.5 Å². The molecular weight excluding hydrogens is 310 g/mol. The number of hydrogen-bond acceptors (Lipinski definition) is 4. The van der Waals surface area contributed by atoms with E-state index in [-0.39, 0.29) is 12.3 Å². The van der Waals surface area contributed by atoms with Crippen LogP contribution in [0.25, 0.3) is 5.69 Å². The van der Waals surface area contributed by atoms with Crippen LogP contribution in [0, 0.1) is 6.92 Å². The maximum Gasteiger partial charge on any atom is 0.397 e. The number of amides is 1. The number of rotatable bonds is 5. The van der Waals surface area contributed by atoms with Gasteiger partial charge in [0, 0.05) is 7.05 Å². The molecule has 0 saturated heterocycles. The number of anilines is 1. The minimum atomic E-state index is -0.989. The van der Waals surface area contributed by atoms with Gasteiger partial charge in [0.05, 0.1) is 18.0 Å². The molecule has 1 N–H and O–H groups in total. The van der Waals surface area contributed by atoms with Gasteiger partial charge in [0.1, 0.15) is 5.69 Å².